The third kappa shape index (κ3) is 2.48. The minimum atomic E-state index is -4.54. The molecule has 1 unspecified atom stereocenters. The van der Waals surface area contributed by atoms with E-state index in [1.165, 1.54) is 13.0 Å². The number of benzene rings is 1. The first kappa shape index (κ1) is 16.5. The van der Waals surface area contributed by atoms with Crippen LogP contribution in [0.15, 0.2) is 24.8 Å². The lowest BCUT2D eigenvalue weighted by Crippen LogP contribution is -2.46. The van der Waals surface area contributed by atoms with Crippen LogP contribution in [0.25, 0.3) is 5.57 Å². The second kappa shape index (κ2) is 5.09. The van der Waals surface area contributed by atoms with Gasteiger partial charge in [-0.05, 0) is 56.4 Å². The van der Waals surface area contributed by atoms with Gasteiger partial charge in [-0.15, -0.1) is 0 Å². The molecule has 3 amide bonds. The summed E-state index contributed by atoms with van der Waals surface area (Å²) in [5.74, 6) is -0.351. The summed E-state index contributed by atoms with van der Waals surface area (Å²) in [7, 11) is 0. The molecule has 128 valence electrons. The van der Waals surface area contributed by atoms with Crippen LogP contribution in [0.1, 0.15) is 37.8 Å². The fraction of sp³-hybridized carbons (Fsp3) is 0.412. The second-order valence-electron chi connectivity index (χ2n) is 6.56. The molecule has 1 saturated carbocycles. The van der Waals surface area contributed by atoms with Gasteiger partial charge in [-0.25, -0.2) is 9.69 Å². The molecule has 1 atom stereocenters. The fourth-order valence-electron chi connectivity index (χ4n) is 3.10. The number of urea groups is 1. The standard InChI is InChI=1S/C17H17F3N2O2/c1-9(2)12-8-11(6-7-13(12)17(18,19)20)22-14(23)16(3,10-4-5-10)21-15(22)24/h6-8,10H,1,4-5H2,2-3H3,(H,21,24). The number of hydrogen-bond acceptors (Lipinski definition) is 2. The van der Waals surface area contributed by atoms with Crippen molar-refractivity contribution in [2.24, 2.45) is 5.92 Å². The maximum atomic E-state index is 13.1. The van der Waals surface area contributed by atoms with Crippen LogP contribution < -0.4 is 10.2 Å². The summed E-state index contributed by atoms with van der Waals surface area (Å²) >= 11 is 0. The Labute approximate surface area is 137 Å². The summed E-state index contributed by atoms with van der Waals surface area (Å²) in [6.45, 7) is 6.68. The average molecular weight is 338 g/mol. The first-order valence-electron chi connectivity index (χ1n) is 7.59. The van der Waals surface area contributed by atoms with E-state index in [4.69, 9.17) is 0 Å². The molecular weight excluding hydrogens is 321 g/mol. The van der Waals surface area contributed by atoms with Crippen LogP contribution in [0.3, 0.4) is 0 Å². The Morgan fingerprint density at radius 1 is 1.33 bits per heavy atom. The molecule has 0 radical (unpaired) electrons. The van der Waals surface area contributed by atoms with Crippen molar-refractivity contribution in [2.75, 3.05) is 4.90 Å². The maximum Gasteiger partial charge on any atom is 0.416 e. The number of hydrogen-bond donors (Lipinski definition) is 1. The number of allylic oxidation sites excluding steroid dienone is 1. The van der Waals surface area contributed by atoms with Crippen molar-refractivity contribution in [1.29, 1.82) is 0 Å². The molecule has 0 spiro atoms. The van der Waals surface area contributed by atoms with Crippen LogP contribution in [0.4, 0.5) is 23.7 Å². The summed E-state index contributed by atoms with van der Waals surface area (Å²) in [5.41, 5.74) is -1.62. The van der Waals surface area contributed by atoms with Gasteiger partial charge in [0, 0.05) is 0 Å². The Balaban J connectivity index is 2.04. The molecule has 1 aliphatic heterocycles. The number of alkyl halides is 3. The molecule has 1 saturated heterocycles. The van der Waals surface area contributed by atoms with Crippen molar-refractivity contribution in [3.05, 3.63) is 35.9 Å². The van der Waals surface area contributed by atoms with Crippen LogP contribution in [-0.2, 0) is 11.0 Å². The monoisotopic (exact) mass is 338 g/mol. The zero-order valence-corrected chi connectivity index (χ0v) is 13.3. The van der Waals surface area contributed by atoms with Gasteiger partial charge in [0.2, 0.25) is 0 Å². The molecule has 24 heavy (non-hydrogen) atoms. The number of amides is 3. The fourth-order valence-corrected chi connectivity index (χ4v) is 3.10. The van der Waals surface area contributed by atoms with Gasteiger partial charge in [0.1, 0.15) is 5.54 Å². The molecule has 1 aromatic rings. The number of anilines is 1. The Hall–Kier alpha value is -2.31. The highest BCUT2D eigenvalue weighted by Gasteiger charge is 2.56. The van der Waals surface area contributed by atoms with Crippen molar-refractivity contribution in [3.8, 4) is 0 Å². The Bertz CT molecular complexity index is 753. The van der Waals surface area contributed by atoms with Crippen molar-refractivity contribution >= 4 is 23.2 Å². The second-order valence-corrected chi connectivity index (χ2v) is 6.56. The number of carbonyl (C=O) groups is 2. The van der Waals surface area contributed by atoms with Crippen LogP contribution >= 0.6 is 0 Å². The normalized spacial score (nSPS) is 24.3. The number of halogens is 3. The number of rotatable bonds is 3. The first-order chi connectivity index (χ1) is 11.1. The van der Waals surface area contributed by atoms with E-state index in [9.17, 15) is 22.8 Å². The topological polar surface area (TPSA) is 49.4 Å². The molecule has 1 aliphatic carbocycles. The Morgan fingerprint density at radius 2 is 1.96 bits per heavy atom. The molecule has 0 bridgehead atoms. The molecule has 7 heteroatoms. The van der Waals surface area contributed by atoms with Gasteiger partial charge in [-0.2, -0.15) is 13.2 Å². The molecule has 1 heterocycles. The Morgan fingerprint density at radius 3 is 2.46 bits per heavy atom. The van der Waals surface area contributed by atoms with Crippen LogP contribution in [-0.4, -0.2) is 17.5 Å². The summed E-state index contributed by atoms with van der Waals surface area (Å²) in [5, 5.41) is 2.68. The maximum absolute atomic E-state index is 13.1. The molecular formula is C17H17F3N2O2. The van der Waals surface area contributed by atoms with Gasteiger partial charge in [0.25, 0.3) is 5.91 Å². The van der Waals surface area contributed by atoms with E-state index < -0.39 is 29.2 Å². The highest BCUT2D eigenvalue weighted by atomic mass is 19.4. The first-order valence-corrected chi connectivity index (χ1v) is 7.59. The van der Waals surface area contributed by atoms with Crippen LogP contribution in [0.5, 0.6) is 0 Å². The van der Waals surface area contributed by atoms with E-state index >= 15 is 0 Å². The van der Waals surface area contributed by atoms with Gasteiger partial charge >= 0.3 is 12.2 Å². The van der Waals surface area contributed by atoms with Crippen molar-refractivity contribution in [2.45, 2.75) is 38.4 Å². The summed E-state index contributed by atoms with van der Waals surface area (Å²) in [4.78, 5) is 25.8. The summed E-state index contributed by atoms with van der Waals surface area (Å²) in [6.07, 6.45) is -2.84. The lowest BCUT2D eigenvalue weighted by molar-refractivity contribution is -0.137. The molecule has 0 aromatic heterocycles. The molecule has 4 nitrogen and oxygen atoms in total. The molecule has 1 aromatic carbocycles. The molecule has 2 aliphatic rings. The minimum Gasteiger partial charge on any atom is -0.323 e. The van der Waals surface area contributed by atoms with Gasteiger partial charge < -0.3 is 5.32 Å². The van der Waals surface area contributed by atoms with Crippen LogP contribution in [0, 0.1) is 5.92 Å². The lowest BCUT2D eigenvalue weighted by atomic mass is 9.95. The number of carbonyl (C=O) groups excluding carboxylic acids is 2. The lowest BCUT2D eigenvalue weighted by Gasteiger charge is -2.22. The SMILES string of the molecule is C=C(C)c1cc(N2C(=O)NC(C)(C3CC3)C2=O)ccc1C(F)(F)F. The third-order valence-electron chi connectivity index (χ3n) is 4.64. The van der Waals surface area contributed by atoms with Gasteiger partial charge in [0.15, 0.2) is 0 Å². The molecule has 2 fully saturated rings. The van der Waals surface area contributed by atoms with Crippen LogP contribution in [0.2, 0.25) is 0 Å². The minimum absolute atomic E-state index is 0.0778. The zero-order valence-electron chi connectivity index (χ0n) is 13.3. The zero-order chi connectivity index (χ0) is 17.9. The van der Waals surface area contributed by atoms with E-state index in [1.54, 1.807) is 6.92 Å². The Kier molecular flexibility index (Phi) is 3.51. The predicted molar refractivity (Wildman–Crippen MR) is 83.3 cm³/mol. The molecule has 1 N–H and O–H groups in total. The van der Waals surface area contributed by atoms with Crippen molar-refractivity contribution in [3.63, 3.8) is 0 Å². The van der Waals surface area contributed by atoms with Gasteiger partial charge in [-0.3, -0.25) is 4.79 Å². The largest absolute Gasteiger partial charge is 0.416 e. The molecule has 3 rings (SSSR count). The van der Waals surface area contributed by atoms with E-state index in [0.717, 1.165) is 29.9 Å². The number of nitrogens with zero attached hydrogens (tertiary/aromatic N) is 1. The van der Waals surface area contributed by atoms with Crippen molar-refractivity contribution in [1.82, 2.24) is 5.32 Å². The quantitative estimate of drug-likeness (QED) is 0.848. The van der Waals surface area contributed by atoms with E-state index in [0.29, 0.717) is 0 Å². The number of imide groups is 1. The summed E-state index contributed by atoms with van der Waals surface area (Å²) < 4.78 is 39.3. The van der Waals surface area contributed by atoms with Gasteiger partial charge in [-0.1, -0.05) is 12.2 Å². The highest BCUT2D eigenvalue weighted by Crippen LogP contribution is 2.44. The summed E-state index contributed by atoms with van der Waals surface area (Å²) in [6, 6.07) is 2.61. The van der Waals surface area contributed by atoms with Crippen molar-refractivity contribution < 1.29 is 22.8 Å². The van der Waals surface area contributed by atoms with Gasteiger partial charge in [0.05, 0.1) is 11.3 Å². The van der Waals surface area contributed by atoms with E-state index in [2.05, 4.69) is 11.9 Å². The smallest absolute Gasteiger partial charge is 0.323 e. The highest BCUT2D eigenvalue weighted by molar-refractivity contribution is 6.23. The number of nitrogens with one attached hydrogen (secondary N) is 1. The third-order valence-corrected chi connectivity index (χ3v) is 4.64. The van der Waals surface area contributed by atoms with E-state index in [-0.39, 0.29) is 22.7 Å². The van der Waals surface area contributed by atoms with E-state index in [1.807, 2.05) is 0 Å². The predicted octanol–water partition coefficient (Wildman–Crippen LogP) is 3.96. The average Bonchev–Trinajstić information content (AvgIpc) is 3.27.